The van der Waals surface area contributed by atoms with Crippen molar-refractivity contribution in [3.05, 3.63) is 30.3 Å². The highest BCUT2D eigenvalue weighted by molar-refractivity contribution is 7.99. The van der Waals surface area contributed by atoms with Crippen LogP contribution in [0.4, 0.5) is 0 Å². The highest BCUT2D eigenvalue weighted by atomic mass is 35.5. The third kappa shape index (κ3) is 3.32. The highest BCUT2D eigenvalue weighted by Crippen LogP contribution is 2.30. The lowest BCUT2D eigenvalue weighted by Gasteiger charge is -2.13. The number of para-hydroxylation sites is 1. The molecule has 0 aromatic heterocycles. The summed E-state index contributed by atoms with van der Waals surface area (Å²) >= 11 is 8.13. The van der Waals surface area contributed by atoms with Gasteiger partial charge in [0.2, 0.25) is 0 Å². The van der Waals surface area contributed by atoms with E-state index in [1.165, 1.54) is 5.75 Å². The summed E-state index contributed by atoms with van der Waals surface area (Å²) in [4.78, 5) is 0. The Hall–Kier alpha value is -0.340. The van der Waals surface area contributed by atoms with Crippen LogP contribution in [0.15, 0.2) is 30.3 Å². The molecule has 1 aromatic rings. The number of thioether (sulfide) groups is 1. The summed E-state index contributed by atoms with van der Waals surface area (Å²) in [7, 11) is 0. The Labute approximate surface area is 100 Å². The fourth-order valence-electron chi connectivity index (χ4n) is 1.68. The lowest BCUT2D eigenvalue weighted by Crippen LogP contribution is -2.15. The minimum atomic E-state index is 0.342. The minimum absolute atomic E-state index is 0.342. The summed E-state index contributed by atoms with van der Waals surface area (Å²) in [6, 6.07) is 9.95. The molecule has 1 aliphatic heterocycles. The molecule has 2 unspecified atom stereocenters. The fourth-order valence-corrected chi connectivity index (χ4v) is 3.60. The first-order valence-electron chi connectivity index (χ1n) is 5.26. The molecule has 2 rings (SSSR count). The van der Waals surface area contributed by atoms with Crippen LogP contribution in [0, 0.1) is 5.92 Å². The molecule has 1 heterocycles. The van der Waals surface area contributed by atoms with E-state index in [1.54, 1.807) is 0 Å². The molecule has 0 amide bonds. The van der Waals surface area contributed by atoms with Crippen LogP contribution in [0.1, 0.15) is 6.42 Å². The van der Waals surface area contributed by atoms with Gasteiger partial charge in [-0.05, 0) is 30.2 Å². The maximum atomic E-state index is 6.18. The Kier molecular flexibility index (Phi) is 4.21. The van der Waals surface area contributed by atoms with Crippen molar-refractivity contribution in [2.45, 2.75) is 11.8 Å². The maximum absolute atomic E-state index is 6.18. The number of benzene rings is 1. The van der Waals surface area contributed by atoms with Crippen LogP contribution in [0.5, 0.6) is 5.75 Å². The van der Waals surface area contributed by atoms with Gasteiger partial charge < -0.3 is 4.74 Å². The summed E-state index contributed by atoms with van der Waals surface area (Å²) in [5, 5.41) is 0.342. The fraction of sp³-hybridized carbons (Fsp3) is 0.500. The van der Waals surface area contributed by atoms with E-state index in [1.807, 2.05) is 42.1 Å². The third-order valence-electron chi connectivity index (χ3n) is 2.62. The van der Waals surface area contributed by atoms with Gasteiger partial charge in [0.1, 0.15) is 5.75 Å². The van der Waals surface area contributed by atoms with Crippen LogP contribution in [-0.2, 0) is 0 Å². The van der Waals surface area contributed by atoms with Gasteiger partial charge in [-0.25, -0.2) is 0 Å². The summed E-state index contributed by atoms with van der Waals surface area (Å²) in [6.07, 6.45) is 1.07. The number of halogens is 1. The lowest BCUT2D eigenvalue weighted by molar-refractivity contribution is 0.286. The minimum Gasteiger partial charge on any atom is -0.494 e. The van der Waals surface area contributed by atoms with Crippen molar-refractivity contribution in [2.75, 3.05) is 18.1 Å². The first-order valence-corrected chi connectivity index (χ1v) is 6.85. The first-order chi connectivity index (χ1) is 7.36. The second-order valence-corrected chi connectivity index (χ2v) is 5.40. The van der Waals surface area contributed by atoms with Crippen molar-refractivity contribution in [3.8, 4) is 5.75 Å². The summed E-state index contributed by atoms with van der Waals surface area (Å²) < 4.78 is 5.65. The number of rotatable bonds is 4. The Morgan fingerprint density at radius 3 is 2.73 bits per heavy atom. The molecule has 0 N–H and O–H groups in total. The molecular formula is C12H15ClOS. The van der Waals surface area contributed by atoms with Gasteiger partial charge >= 0.3 is 0 Å². The predicted octanol–water partition coefficient (Wildman–Crippen LogP) is 3.43. The van der Waals surface area contributed by atoms with Crippen molar-refractivity contribution >= 4 is 23.4 Å². The monoisotopic (exact) mass is 242 g/mol. The molecule has 1 aliphatic rings. The van der Waals surface area contributed by atoms with E-state index < -0.39 is 0 Å². The number of ether oxygens (including phenoxy) is 1. The first kappa shape index (κ1) is 11.2. The van der Waals surface area contributed by atoms with Crippen LogP contribution < -0.4 is 4.74 Å². The largest absolute Gasteiger partial charge is 0.494 e. The van der Waals surface area contributed by atoms with Gasteiger partial charge in [-0.15, -0.1) is 11.6 Å². The second-order valence-electron chi connectivity index (χ2n) is 3.76. The van der Waals surface area contributed by atoms with Crippen LogP contribution >= 0.6 is 23.4 Å². The number of alkyl halides is 1. The second kappa shape index (κ2) is 5.66. The lowest BCUT2D eigenvalue weighted by atomic mass is 10.1. The molecule has 2 atom stereocenters. The molecule has 0 radical (unpaired) electrons. The van der Waals surface area contributed by atoms with Crippen LogP contribution in [0.3, 0.4) is 0 Å². The molecule has 1 saturated heterocycles. The van der Waals surface area contributed by atoms with Gasteiger partial charge in [-0.1, -0.05) is 18.2 Å². The SMILES string of the molecule is ClC1CSCC1CCOc1ccccc1. The Morgan fingerprint density at radius 2 is 2.07 bits per heavy atom. The van der Waals surface area contributed by atoms with E-state index in [0.29, 0.717) is 11.3 Å². The van der Waals surface area contributed by atoms with Crippen molar-refractivity contribution in [1.29, 1.82) is 0 Å². The molecule has 15 heavy (non-hydrogen) atoms. The number of hydrogen-bond donors (Lipinski definition) is 0. The van der Waals surface area contributed by atoms with Gasteiger partial charge in [0, 0.05) is 11.1 Å². The van der Waals surface area contributed by atoms with Gasteiger partial charge in [-0.3, -0.25) is 0 Å². The molecule has 0 aliphatic carbocycles. The van der Waals surface area contributed by atoms with Crippen molar-refractivity contribution in [1.82, 2.24) is 0 Å². The topological polar surface area (TPSA) is 9.23 Å². The molecule has 3 heteroatoms. The van der Waals surface area contributed by atoms with Crippen molar-refractivity contribution in [3.63, 3.8) is 0 Å². The Morgan fingerprint density at radius 1 is 1.27 bits per heavy atom. The summed E-state index contributed by atoms with van der Waals surface area (Å²) in [5.74, 6) is 3.86. The van der Waals surface area contributed by atoms with Gasteiger partial charge in [-0.2, -0.15) is 11.8 Å². The predicted molar refractivity (Wildman–Crippen MR) is 67.0 cm³/mol. The Bertz CT molecular complexity index is 291. The standard InChI is InChI=1S/C12H15ClOS/c13-12-9-15-8-10(12)6-7-14-11-4-2-1-3-5-11/h1-5,10,12H,6-9H2. The molecule has 1 fully saturated rings. The average molecular weight is 243 g/mol. The quantitative estimate of drug-likeness (QED) is 0.749. The number of hydrogen-bond acceptors (Lipinski definition) is 2. The van der Waals surface area contributed by atoms with E-state index in [2.05, 4.69) is 0 Å². The van der Waals surface area contributed by atoms with E-state index in [-0.39, 0.29) is 0 Å². The zero-order valence-electron chi connectivity index (χ0n) is 8.56. The van der Waals surface area contributed by atoms with E-state index >= 15 is 0 Å². The average Bonchev–Trinajstić information content (AvgIpc) is 2.66. The molecule has 1 aromatic carbocycles. The molecule has 0 spiro atoms. The third-order valence-corrected chi connectivity index (χ3v) is 4.57. The van der Waals surface area contributed by atoms with Gasteiger partial charge in [0.15, 0.2) is 0 Å². The maximum Gasteiger partial charge on any atom is 0.119 e. The van der Waals surface area contributed by atoms with Gasteiger partial charge in [0.05, 0.1) is 6.61 Å². The molecule has 82 valence electrons. The van der Waals surface area contributed by atoms with E-state index in [0.717, 1.165) is 24.5 Å². The van der Waals surface area contributed by atoms with E-state index in [4.69, 9.17) is 16.3 Å². The van der Waals surface area contributed by atoms with Crippen molar-refractivity contribution in [2.24, 2.45) is 5.92 Å². The highest BCUT2D eigenvalue weighted by Gasteiger charge is 2.25. The molecule has 0 bridgehead atoms. The normalized spacial score (nSPS) is 25.4. The van der Waals surface area contributed by atoms with Crippen LogP contribution in [-0.4, -0.2) is 23.5 Å². The smallest absolute Gasteiger partial charge is 0.119 e. The molecule has 1 nitrogen and oxygen atoms in total. The Balaban J connectivity index is 1.71. The van der Waals surface area contributed by atoms with Gasteiger partial charge in [0.25, 0.3) is 0 Å². The van der Waals surface area contributed by atoms with Crippen LogP contribution in [0.2, 0.25) is 0 Å². The van der Waals surface area contributed by atoms with E-state index in [9.17, 15) is 0 Å². The molecule has 0 saturated carbocycles. The van der Waals surface area contributed by atoms with Crippen molar-refractivity contribution < 1.29 is 4.74 Å². The summed E-state index contributed by atoms with van der Waals surface area (Å²) in [6.45, 7) is 0.776. The summed E-state index contributed by atoms with van der Waals surface area (Å²) in [5.41, 5.74) is 0. The van der Waals surface area contributed by atoms with Crippen LogP contribution in [0.25, 0.3) is 0 Å². The zero-order valence-corrected chi connectivity index (χ0v) is 10.1. The molecular weight excluding hydrogens is 228 g/mol. The zero-order chi connectivity index (χ0) is 10.5.